The maximum absolute atomic E-state index is 11.5. The number of amides is 2. The normalized spacial score (nSPS) is 15.2. The molecule has 1 rings (SSSR count). The molecule has 2 amide bonds. The number of nitrogens with zero attached hydrogens (tertiary/aromatic N) is 2. The Hall–Kier alpha value is -1.39. The first-order chi connectivity index (χ1) is 7.02. The van der Waals surface area contributed by atoms with Crippen LogP contribution in [0.4, 0.5) is 0 Å². The van der Waals surface area contributed by atoms with Gasteiger partial charge in [-0.1, -0.05) is 0 Å². The Kier molecular flexibility index (Phi) is 3.82. The summed E-state index contributed by atoms with van der Waals surface area (Å²) < 4.78 is 0. The molecule has 5 nitrogen and oxygen atoms in total. The molecule has 0 aliphatic carbocycles. The van der Waals surface area contributed by atoms with Gasteiger partial charge in [0.2, 0.25) is 11.7 Å². The number of hydrogen-bond acceptors (Lipinski definition) is 3. The summed E-state index contributed by atoms with van der Waals surface area (Å²) in [5, 5.41) is 0. The maximum Gasteiger partial charge on any atom is 0.290 e. The second-order valence-electron chi connectivity index (χ2n) is 3.89. The zero-order valence-corrected chi connectivity index (χ0v) is 9.15. The molecule has 0 aromatic heterocycles. The largest absolute Gasteiger partial charge is 0.348 e. The quantitative estimate of drug-likeness (QED) is 0.475. The van der Waals surface area contributed by atoms with Crippen LogP contribution in [0.1, 0.15) is 19.3 Å². The molecule has 0 N–H and O–H groups in total. The third-order valence-corrected chi connectivity index (χ3v) is 2.44. The molecule has 1 fully saturated rings. The highest BCUT2D eigenvalue weighted by Gasteiger charge is 2.26. The molecule has 1 aliphatic rings. The SMILES string of the molecule is CN(C)C(=O)CC(=O)C(=O)N1CCCC1. The van der Waals surface area contributed by atoms with Crippen LogP contribution in [0.15, 0.2) is 0 Å². The van der Waals surface area contributed by atoms with Gasteiger partial charge in [-0.25, -0.2) is 0 Å². The molecule has 0 radical (unpaired) electrons. The molecular formula is C10H16N2O3. The number of carbonyl (C=O) groups is 3. The summed E-state index contributed by atoms with van der Waals surface area (Å²) in [6, 6.07) is 0. The lowest BCUT2D eigenvalue weighted by Crippen LogP contribution is -2.36. The van der Waals surface area contributed by atoms with Crippen molar-refractivity contribution in [3.63, 3.8) is 0 Å². The minimum absolute atomic E-state index is 0.317. The van der Waals surface area contributed by atoms with Crippen molar-refractivity contribution < 1.29 is 14.4 Å². The number of Topliss-reactive ketones (excluding diaryl/α,β-unsaturated/α-hetero) is 1. The number of carbonyl (C=O) groups excluding carboxylic acids is 3. The first-order valence-corrected chi connectivity index (χ1v) is 5.04. The van der Waals surface area contributed by atoms with Crippen LogP contribution in [-0.4, -0.2) is 54.6 Å². The van der Waals surface area contributed by atoms with E-state index in [0.717, 1.165) is 12.8 Å². The summed E-state index contributed by atoms with van der Waals surface area (Å²) in [6.45, 7) is 1.28. The zero-order chi connectivity index (χ0) is 11.4. The van der Waals surface area contributed by atoms with E-state index >= 15 is 0 Å². The summed E-state index contributed by atoms with van der Waals surface area (Å²) in [4.78, 5) is 37.0. The van der Waals surface area contributed by atoms with Gasteiger partial charge in [0.05, 0.1) is 6.42 Å². The van der Waals surface area contributed by atoms with Gasteiger partial charge < -0.3 is 9.80 Å². The average Bonchev–Trinajstić information content (AvgIpc) is 2.68. The van der Waals surface area contributed by atoms with E-state index in [2.05, 4.69) is 0 Å². The first-order valence-electron chi connectivity index (χ1n) is 5.04. The Morgan fingerprint density at radius 1 is 1.13 bits per heavy atom. The molecule has 1 aliphatic heterocycles. The minimum atomic E-state index is -0.601. The van der Waals surface area contributed by atoms with E-state index in [1.54, 1.807) is 14.1 Å². The summed E-state index contributed by atoms with van der Waals surface area (Å²) in [5.41, 5.74) is 0. The second kappa shape index (κ2) is 4.91. The molecule has 0 aromatic rings. The fourth-order valence-electron chi connectivity index (χ4n) is 1.47. The first kappa shape index (κ1) is 11.7. The van der Waals surface area contributed by atoms with Gasteiger partial charge in [0, 0.05) is 27.2 Å². The van der Waals surface area contributed by atoms with Gasteiger partial charge in [-0.05, 0) is 12.8 Å². The number of rotatable bonds is 3. The van der Waals surface area contributed by atoms with Gasteiger partial charge in [0.15, 0.2) is 0 Å². The smallest absolute Gasteiger partial charge is 0.290 e. The second-order valence-corrected chi connectivity index (χ2v) is 3.89. The highest BCUT2D eigenvalue weighted by Crippen LogP contribution is 2.08. The van der Waals surface area contributed by atoms with Gasteiger partial charge in [-0.2, -0.15) is 0 Å². The van der Waals surface area contributed by atoms with Gasteiger partial charge in [-0.3, -0.25) is 14.4 Å². The van der Waals surface area contributed by atoms with Crippen LogP contribution in [0.5, 0.6) is 0 Å². The molecule has 0 unspecified atom stereocenters. The van der Waals surface area contributed by atoms with Crippen LogP contribution < -0.4 is 0 Å². The Morgan fingerprint density at radius 3 is 2.13 bits per heavy atom. The topological polar surface area (TPSA) is 57.7 Å². The predicted octanol–water partition coefficient (Wildman–Crippen LogP) is -0.344. The van der Waals surface area contributed by atoms with E-state index < -0.39 is 11.7 Å². The fraction of sp³-hybridized carbons (Fsp3) is 0.700. The molecule has 1 saturated heterocycles. The Bertz CT molecular complexity index is 280. The van der Waals surface area contributed by atoms with Crippen LogP contribution in [0.25, 0.3) is 0 Å². The van der Waals surface area contributed by atoms with E-state index in [4.69, 9.17) is 0 Å². The van der Waals surface area contributed by atoms with E-state index in [9.17, 15) is 14.4 Å². The van der Waals surface area contributed by atoms with Crippen LogP contribution in [-0.2, 0) is 14.4 Å². The van der Waals surface area contributed by atoms with Gasteiger partial charge >= 0.3 is 0 Å². The van der Waals surface area contributed by atoms with Gasteiger partial charge in [0.25, 0.3) is 5.91 Å². The Morgan fingerprint density at radius 2 is 1.67 bits per heavy atom. The molecule has 0 saturated carbocycles. The maximum atomic E-state index is 11.5. The monoisotopic (exact) mass is 212 g/mol. The minimum Gasteiger partial charge on any atom is -0.348 e. The van der Waals surface area contributed by atoms with Crippen molar-refractivity contribution in [2.75, 3.05) is 27.2 Å². The van der Waals surface area contributed by atoms with Crippen molar-refractivity contribution in [2.45, 2.75) is 19.3 Å². The summed E-state index contributed by atoms with van der Waals surface area (Å²) in [7, 11) is 3.13. The third kappa shape index (κ3) is 3.04. The lowest BCUT2D eigenvalue weighted by molar-refractivity contribution is -0.146. The van der Waals surface area contributed by atoms with Crippen molar-refractivity contribution in [1.29, 1.82) is 0 Å². The lowest BCUT2D eigenvalue weighted by atomic mass is 10.2. The predicted molar refractivity (Wildman–Crippen MR) is 54.1 cm³/mol. The Labute approximate surface area is 89.0 Å². The third-order valence-electron chi connectivity index (χ3n) is 2.44. The molecule has 0 aromatic carbocycles. The van der Waals surface area contributed by atoms with E-state index in [-0.39, 0.29) is 12.3 Å². The van der Waals surface area contributed by atoms with Crippen LogP contribution >= 0.6 is 0 Å². The molecule has 0 atom stereocenters. The molecular weight excluding hydrogens is 196 g/mol. The van der Waals surface area contributed by atoms with Crippen molar-refractivity contribution in [3.8, 4) is 0 Å². The Balaban J connectivity index is 2.46. The van der Waals surface area contributed by atoms with Crippen molar-refractivity contribution in [2.24, 2.45) is 0 Å². The van der Waals surface area contributed by atoms with Gasteiger partial charge in [0.1, 0.15) is 0 Å². The van der Waals surface area contributed by atoms with E-state index in [0.29, 0.717) is 13.1 Å². The van der Waals surface area contributed by atoms with Crippen LogP contribution in [0.2, 0.25) is 0 Å². The highest BCUT2D eigenvalue weighted by atomic mass is 16.2. The van der Waals surface area contributed by atoms with Gasteiger partial charge in [-0.15, -0.1) is 0 Å². The van der Waals surface area contributed by atoms with Crippen molar-refractivity contribution in [1.82, 2.24) is 9.80 Å². The molecule has 0 spiro atoms. The summed E-state index contributed by atoms with van der Waals surface area (Å²) in [5.74, 6) is -1.44. The summed E-state index contributed by atoms with van der Waals surface area (Å²) in [6.07, 6.45) is 1.57. The van der Waals surface area contributed by atoms with E-state index in [1.165, 1.54) is 9.80 Å². The number of ketones is 1. The number of hydrogen-bond donors (Lipinski definition) is 0. The highest BCUT2D eigenvalue weighted by molar-refractivity contribution is 6.39. The fourth-order valence-corrected chi connectivity index (χ4v) is 1.47. The molecule has 1 heterocycles. The molecule has 84 valence electrons. The summed E-state index contributed by atoms with van der Waals surface area (Å²) >= 11 is 0. The molecule has 5 heteroatoms. The van der Waals surface area contributed by atoms with Crippen LogP contribution in [0.3, 0.4) is 0 Å². The average molecular weight is 212 g/mol. The van der Waals surface area contributed by atoms with Crippen molar-refractivity contribution >= 4 is 17.6 Å². The zero-order valence-electron chi connectivity index (χ0n) is 9.15. The molecule has 0 bridgehead atoms. The van der Waals surface area contributed by atoms with E-state index in [1.807, 2.05) is 0 Å². The lowest BCUT2D eigenvalue weighted by Gasteiger charge is -2.14. The number of likely N-dealkylation sites (tertiary alicyclic amines) is 1. The molecule has 15 heavy (non-hydrogen) atoms. The van der Waals surface area contributed by atoms with Crippen LogP contribution in [0, 0.1) is 0 Å². The standard InChI is InChI=1S/C10H16N2O3/c1-11(2)9(14)7-8(13)10(15)12-5-3-4-6-12/h3-7H2,1-2H3. The van der Waals surface area contributed by atoms with Crippen molar-refractivity contribution in [3.05, 3.63) is 0 Å².